The van der Waals surface area contributed by atoms with Crippen LogP contribution in [-0.2, 0) is 10.0 Å². The third-order valence-corrected chi connectivity index (χ3v) is 10.00. The first-order valence-corrected chi connectivity index (χ1v) is 13.8. The molecule has 0 spiro atoms. The van der Waals surface area contributed by atoms with E-state index in [-0.39, 0.29) is 43.5 Å². The normalized spacial score (nSPS) is 20.6. The van der Waals surface area contributed by atoms with E-state index in [1.165, 1.54) is 29.6 Å². The van der Waals surface area contributed by atoms with Crippen molar-refractivity contribution in [3.63, 3.8) is 0 Å². The number of rotatable bonds is 4. The molecule has 0 aromatic heterocycles. The van der Waals surface area contributed by atoms with Gasteiger partial charge in [0.05, 0.1) is 31.2 Å². The van der Waals surface area contributed by atoms with Gasteiger partial charge in [0.2, 0.25) is 10.0 Å². The topological polar surface area (TPSA) is 60.9 Å². The van der Waals surface area contributed by atoms with E-state index in [4.69, 9.17) is 34.8 Å². The van der Waals surface area contributed by atoms with Gasteiger partial charge in [0.15, 0.2) is 0 Å². The summed E-state index contributed by atoms with van der Waals surface area (Å²) in [5, 5.41) is 0.504. The van der Waals surface area contributed by atoms with Crippen LogP contribution in [0.5, 0.6) is 0 Å². The fraction of sp³-hybridized carbons (Fsp3) is 0.458. The van der Waals surface area contributed by atoms with Crippen molar-refractivity contribution in [1.82, 2.24) is 9.21 Å². The number of fused-ring (bicyclic) bond motifs is 2. The van der Waals surface area contributed by atoms with Gasteiger partial charge in [-0.2, -0.15) is 4.31 Å². The zero-order valence-corrected chi connectivity index (χ0v) is 22.9. The van der Waals surface area contributed by atoms with Gasteiger partial charge < -0.3 is 9.80 Å². The molecule has 35 heavy (non-hydrogen) atoms. The number of likely N-dealkylation sites (tertiary alicyclic amines) is 1. The van der Waals surface area contributed by atoms with Crippen LogP contribution in [0.3, 0.4) is 0 Å². The van der Waals surface area contributed by atoms with Crippen molar-refractivity contribution in [2.24, 2.45) is 0 Å². The van der Waals surface area contributed by atoms with Gasteiger partial charge in [0.25, 0.3) is 5.91 Å². The Morgan fingerprint density at radius 1 is 1.03 bits per heavy atom. The van der Waals surface area contributed by atoms with Crippen molar-refractivity contribution in [3.05, 3.63) is 56.8 Å². The summed E-state index contributed by atoms with van der Waals surface area (Å²) in [6.45, 7) is 6.23. The summed E-state index contributed by atoms with van der Waals surface area (Å²) in [6.07, 6.45) is 1.61. The zero-order valence-electron chi connectivity index (χ0n) is 19.9. The monoisotopic (exact) mass is 561 g/mol. The van der Waals surface area contributed by atoms with Crippen LogP contribution in [-0.4, -0.2) is 61.3 Å². The fourth-order valence-corrected chi connectivity index (χ4v) is 7.00. The largest absolute Gasteiger partial charge is 0.361 e. The molecule has 2 aromatic rings. The number of carbonyl (C=O) groups excluding carboxylic acids is 1. The Balaban J connectivity index is 1.66. The minimum absolute atomic E-state index is 0.0651. The minimum Gasteiger partial charge on any atom is -0.361 e. The highest BCUT2D eigenvalue weighted by Crippen LogP contribution is 2.43. The third kappa shape index (κ3) is 4.88. The van der Waals surface area contributed by atoms with Crippen LogP contribution in [0.25, 0.3) is 0 Å². The lowest BCUT2D eigenvalue weighted by molar-refractivity contribution is 0.0718. The molecule has 2 bridgehead atoms. The van der Waals surface area contributed by atoms with Crippen LogP contribution in [0.4, 0.5) is 10.1 Å². The maximum Gasteiger partial charge on any atom is 0.255 e. The van der Waals surface area contributed by atoms with Gasteiger partial charge in [0, 0.05) is 37.8 Å². The van der Waals surface area contributed by atoms with E-state index in [1.807, 2.05) is 20.8 Å². The van der Waals surface area contributed by atoms with Gasteiger partial charge in [-0.05, 0) is 63.9 Å². The van der Waals surface area contributed by atoms with Crippen LogP contribution < -0.4 is 4.90 Å². The molecule has 2 saturated heterocycles. The summed E-state index contributed by atoms with van der Waals surface area (Å²) in [6, 6.07) is 6.53. The number of nitrogens with zero attached hydrogens (tertiary/aromatic N) is 3. The summed E-state index contributed by atoms with van der Waals surface area (Å²) in [5.41, 5.74) is 0.164. The maximum atomic E-state index is 13.4. The molecule has 0 aliphatic carbocycles. The molecule has 190 valence electrons. The Hall–Kier alpha value is -1.58. The zero-order chi connectivity index (χ0) is 25.9. The van der Waals surface area contributed by atoms with Crippen molar-refractivity contribution in [2.45, 2.75) is 56.1 Å². The van der Waals surface area contributed by atoms with E-state index in [9.17, 15) is 17.6 Å². The molecule has 2 fully saturated rings. The molecule has 11 heteroatoms. The molecule has 0 unspecified atom stereocenters. The second-order valence-corrected chi connectivity index (χ2v) is 13.2. The van der Waals surface area contributed by atoms with E-state index in [0.29, 0.717) is 18.8 Å². The number of hydrogen-bond donors (Lipinski definition) is 0. The molecule has 1 amide bonds. The summed E-state index contributed by atoms with van der Waals surface area (Å²) >= 11 is 19.1. The Bertz CT molecular complexity index is 1270. The number of hydrogen-bond acceptors (Lipinski definition) is 4. The van der Waals surface area contributed by atoms with E-state index >= 15 is 0 Å². The van der Waals surface area contributed by atoms with Gasteiger partial charge >= 0.3 is 0 Å². The van der Waals surface area contributed by atoms with Gasteiger partial charge in [-0.3, -0.25) is 4.79 Å². The van der Waals surface area contributed by atoms with Gasteiger partial charge in [-0.25, -0.2) is 12.8 Å². The summed E-state index contributed by atoms with van der Waals surface area (Å²) in [5.74, 6) is -0.770. The Kier molecular flexibility index (Phi) is 7.10. The first-order chi connectivity index (χ1) is 16.2. The van der Waals surface area contributed by atoms with E-state index in [0.717, 1.165) is 18.9 Å². The number of carbonyl (C=O) groups is 1. The Labute approximate surface area is 220 Å². The molecule has 2 atom stereocenters. The van der Waals surface area contributed by atoms with Gasteiger partial charge in [-0.1, -0.05) is 34.8 Å². The van der Waals surface area contributed by atoms with Crippen LogP contribution in [0.2, 0.25) is 15.1 Å². The van der Waals surface area contributed by atoms with Crippen molar-refractivity contribution in [3.8, 4) is 0 Å². The van der Waals surface area contributed by atoms with E-state index < -0.39 is 21.4 Å². The summed E-state index contributed by atoms with van der Waals surface area (Å²) in [4.78, 5) is 17.0. The van der Waals surface area contributed by atoms with E-state index in [1.54, 1.807) is 11.0 Å². The molecule has 0 N–H and O–H groups in total. The van der Waals surface area contributed by atoms with Crippen molar-refractivity contribution in [2.75, 3.05) is 25.0 Å². The second-order valence-electron chi connectivity index (χ2n) is 10.0. The number of sulfonamides is 1. The molecular formula is C24H27Cl3FN3O3S. The molecule has 2 aliphatic heterocycles. The molecule has 4 rings (SSSR count). The predicted octanol–water partition coefficient (Wildman–Crippen LogP) is 5.70. The third-order valence-electron chi connectivity index (χ3n) is 6.79. The number of benzene rings is 2. The van der Waals surface area contributed by atoms with Gasteiger partial charge in [-0.15, -0.1) is 0 Å². The molecule has 2 heterocycles. The fourth-order valence-electron chi connectivity index (χ4n) is 4.70. The first-order valence-electron chi connectivity index (χ1n) is 11.2. The van der Waals surface area contributed by atoms with E-state index in [2.05, 4.69) is 4.90 Å². The highest BCUT2D eigenvalue weighted by molar-refractivity contribution is 7.89. The number of halogens is 4. The molecule has 6 nitrogen and oxygen atoms in total. The average molecular weight is 563 g/mol. The standard InChI is InChI=1S/C24H27Cl3FN3O3S/c1-24(2,3)29(4)35(33,34)17-10-20(26)22(27)21(11-17)31-15-6-7-16(31)13-30(12-15)23(32)18-8-5-14(28)9-19(18)25/h5,8-11,15-16H,6-7,12-13H2,1-4H3/t15-,16+. The number of piperazine rings is 1. The van der Waals surface area contributed by atoms with Crippen LogP contribution in [0.15, 0.2) is 35.2 Å². The number of amides is 1. The van der Waals surface area contributed by atoms with Crippen LogP contribution in [0.1, 0.15) is 44.0 Å². The predicted molar refractivity (Wildman–Crippen MR) is 138 cm³/mol. The molecule has 0 saturated carbocycles. The summed E-state index contributed by atoms with van der Waals surface area (Å²) in [7, 11) is -2.29. The Morgan fingerprint density at radius 3 is 2.17 bits per heavy atom. The average Bonchev–Trinajstić information content (AvgIpc) is 3.02. The highest BCUT2D eigenvalue weighted by atomic mass is 35.5. The molecule has 0 radical (unpaired) electrons. The van der Waals surface area contributed by atoms with Gasteiger partial charge in [0.1, 0.15) is 5.82 Å². The SMILES string of the molecule is CN(C(C)(C)C)S(=O)(=O)c1cc(Cl)c(Cl)c(N2[C@@H]3CC[C@H]2CN(C(=O)c2ccc(F)cc2Cl)C3)c1. The lowest BCUT2D eigenvalue weighted by Gasteiger charge is -2.43. The molecule has 2 aromatic carbocycles. The number of anilines is 1. The lowest BCUT2D eigenvalue weighted by Crippen LogP contribution is -2.55. The minimum atomic E-state index is -3.83. The van der Waals surface area contributed by atoms with Crippen molar-refractivity contribution >= 4 is 56.4 Å². The molecule has 2 aliphatic rings. The highest BCUT2D eigenvalue weighted by Gasteiger charge is 2.43. The second kappa shape index (κ2) is 9.38. The van der Waals surface area contributed by atoms with Crippen LogP contribution >= 0.6 is 34.8 Å². The van der Waals surface area contributed by atoms with Crippen molar-refractivity contribution in [1.29, 1.82) is 0 Å². The molecular weight excluding hydrogens is 536 g/mol. The van der Waals surface area contributed by atoms with Crippen LogP contribution in [0, 0.1) is 5.82 Å². The quantitative estimate of drug-likeness (QED) is 0.480. The lowest BCUT2D eigenvalue weighted by atomic mass is 10.1. The smallest absolute Gasteiger partial charge is 0.255 e. The Morgan fingerprint density at radius 2 is 1.63 bits per heavy atom. The van der Waals surface area contributed by atoms with Crippen molar-refractivity contribution < 1.29 is 17.6 Å². The first kappa shape index (κ1) is 26.5. The summed E-state index contributed by atoms with van der Waals surface area (Å²) < 4.78 is 41.4. The maximum absolute atomic E-state index is 13.4.